The molecule has 3 heteroatoms. The summed E-state index contributed by atoms with van der Waals surface area (Å²) in [6.07, 6.45) is 5.27. The van der Waals surface area contributed by atoms with Crippen LogP contribution in [0.2, 0.25) is 0 Å². The van der Waals surface area contributed by atoms with Crippen molar-refractivity contribution in [3.8, 4) is 0 Å². The number of rotatable bonds is 5. The van der Waals surface area contributed by atoms with E-state index in [-0.39, 0.29) is 5.91 Å². The molecule has 1 aliphatic rings. The lowest BCUT2D eigenvalue weighted by Gasteiger charge is -2.16. The van der Waals surface area contributed by atoms with Crippen LogP contribution in [0.1, 0.15) is 24.1 Å². The molecule has 114 valence electrons. The lowest BCUT2D eigenvalue weighted by Crippen LogP contribution is -2.29. The minimum Gasteiger partial charge on any atom is -0.342 e. The Hall–Kier alpha value is -2.16. The number of aromatic nitrogens is 1. The van der Waals surface area contributed by atoms with Gasteiger partial charge in [0.05, 0.1) is 0 Å². The van der Waals surface area contributed by atoms with Gasteiger partial charge in [-0.15, -0.1) is 0 Å². The Morgan fingerprint density at radius 2 is 1.95 bits per heavy atom. The van der Waals surface area contributed by atoms with Gasteiger partial charge >= 0.3 is 0 Å². The molecule has 1 amide bonds. The molecule has 0 aliphatic carbocycles. The number of carbonyl (C=O) groups excluding carboxylic acids is 1. The summed E-state index contributed by atoms with van der Waals surface area (Å²) in [6, 6.07) is 16.4. The molecule has 1 fully saturated rings. The van der Waals surface area contributed by atoms with Gasteiger partial charge in [-0.1, -0.05) is 36.4 Å². The summed E-state index contributed by atoms with van der Waals surface area (Å²) in [7, 11) is 0. The first-order valence-corrected chi connectivity index (χ1v) is 8.03. The first-order chi connectivity index (χ1) is 10.8. The van der Waals surface area contributed by atoms with Crippen molar-refractivity contribution in [2.75, 3.05) is 13.1 Å². The van der Waals surface area contributed by atoms with E-state index in [1.807, 2.05) is 29.2 Å². The van der Waals surface area contributed by atoms with Crippen molar-refractivity contribution in [3.05, 3.63) is 66.0 Å². The van der Waals surface area contributed by atoms with Gasteiger partial charge in [0.15, 0.2) is 0 Å². The first kappa shape index (κ1) is 14.8. The largest absolute Gasteiger partial charge is 0.342 e. The van der Waals surface area contributed by atoms with Crippen molar-refractivity contribution >= 4 is 5.91 Å². The molecule has 3 nitrogen and oxygen atoms in total. The van der Waals surface area contributed by atoms with Crippen LogP contribution < -0.4 is 0 Å². The quantitative estimate of drug-likeness (QED) is 0.849. The molecule has 0 N–H and O–H groups in total. The molecule has 2 aromatic rings. The zero-order valence-electron chi connectivity index (χ0n) is 12.8. The first-order valence-electron chi connectivity index (χ1n) is 8.03. The highest BCUT2D eigenvalue weighted by atomic mass is 16.2. The van der Waals surface area contributed by atoms with Crippen LogP contribution in [0.3, 0.4) is 0 Å². The molecular weight excluding hydrogens is 272 g/mol. The van der Waals surface area contributed by atoms with Gasteiger partial charge in [-0.25, -0.2) is 0 Å². The van der Waals surface area contributed by atoms with E-state index in [1.165, 1.54) is 5.56 Å². The number of carbonyl (C=O) groups is 1. The summed E-state index contributed by atoms with van der Waals surface area (Å²) in [6.45, 7) is 1.80. The third-order valence-corrected chi connectivity index (χ3v) is 4.33. The molecule has 1 saturated heterocycles. The fraction of sp³-hybridized carbons (Fsp3) is 0.368. The van der Waals surface area contributed by atoms with E-state index in [0.29, 0.717) is 12.3 Å². The average Bonchev–Trinajstić information content (AvgIpc) is 3.03. The summed E-state index contributed by atoms with van der Waals surface area (Å²) in [4.78, 5) is 18.6. The third kappa shape index (κ3) is 3.94. The maximum absolute atomic E-state index is 12.3. The second kappa shape index (κ2) is 7.21. The van der Waals surface area contributed by atoms with E-state index >= 15 is 0 Å². The minimum atomic E-state index is 0.265. The standard InChI is InChI=1S/C19H22N2O/c22-19(10-9-18-8-4-5-12-20-18)21-13-11-17(15-21)14-16-6-2-1-3-7-16/h1-8,12,17H,9-11,13-15H2/t17-/m0/s1. The van der Waals surface area contributed by atoms with Gasteiger partial charge < -0.3 is 4.90 Å². The van der Waals surface area contributed by atoms with Crippen molar-refractivity contribution in [3.63, 3.8) is 0 Å². The Bertz CT molecular complexity index is 597. The number of hydrogen-bond donors (Lipinski definition) is 0. The fourth-order valence-corrected chi connectivity index (χ4v) is 3.11. The molecule has 1 aromatic heterocycles. The van der Waals surface area contributed by atoms with Crippen molar-refractivity contribution < 1.29 is 4.79 Å². The summed E-state index contributed by atoms with van der Waals surface area (Å²) >= 11 is 0. The van der Waals surface area contributed by atoms with E-state index in [1.54, 1.807) is 6.20 Å². The zero-order chi connectivity index (χ0) is 15.2. The van der Waals surface area contributed by atoms with Crippen LogP contribution in [0.25, 0.3) is 0 Å². The molecule has 0 saturated carbocycles. The van der Waals surface area contributed by atoms with E-state index in [0.717, 1.165) is 38.0 Å². The Kier molecular flexibility index (Phi) is 4.84. The maximum atomic E-state index is 12.3. The predicted molar refractivity (Wildman–Crippen MR) is 87.4 cm³/mol. The van der Waals surface area contributed by atoms with E-state index in [9.17, 15) is 4.79 Å². The van der Waals surface area contributed by atoms with Crippen LogP contribution in [-0.4, -0.2) is 28.9 Å². The highest BCUT2D eigenvalue weighted by Crippen LogP contribution is 2.21. The highest BCUT2D eigenvalue weighted by molar-refractivity contribution is 5.76. The van der Waals surface area contributed by atoms with Gasteiger partial charge in [-0.3, -0.25) is 9.78 Å². The van der Waals surface area contributed by atoms with E-state index in [4.69, 9.17) is 0 Å². The molecule has 2 heterocycles. The predicted octanol–water partition coefficient (Wildman–Crippen LogP) is 3.11. The molecular formula is C19H22N2O. The van der Waals surface area contributed by atoms with E-state index < -0.39 is 0 Å². The topological polar surface area (TPSA) is 33.2 Å². The van der Waals surface area contributed by atoms with Crippen LogP contribution in [0.5, 0.6) is 0 Å². The van der Waals surface area contributed by atoms with Crippen LogP contribution in [0, 0.1) is 5.92 Å². The minimum absolute atomic E-state index is 0.265. The lowest BCUT2D eigenvalue weighted by molar-refractivity contribution is -0.130. The van der Waals surface area contributed by atoms with Crippen LogP contribution in [0.15, 0.2) is 54.7 Å². The highest BCUT2D eigenvalue weighted by Gasteiger charge is 2.25. The van der Waals surface area contributed by atoms with Gasteiger partial charge in [-0.2, -0.15) is 0 Å². The Morgan fingerprint density at radius 1 is 1.14 bits per heavy atom. The monoisotopic (exact) mass is 294 g/mol. The Balaban J connectivity index is 1.46. The SMILES string of the molecule is O=C(CCc1ccccn1)N1CC[C@@H](Cc2ccccc2)C1. The van der Waals surface area contributed by atoms with Gasteiger partial charge in [0, 0.05) is 31.4 Å². The molecule has 0 unspecified atom stereocenters. The number of aryl methyl sites for hydroxylation is 1. The van der Waals surface area contributed by atoms with Crippen LogP contribution in [0.4, 0.5) is 0 Å². The number of nitrogens with zero attached hydrogens (tertiary/aromatic N) is 2. The molecule has 1 atom stereocenters. The lowest BCUT2D eigenvalue weighted by atomic mass is 9.99. The Morgan fingerprint density at radius 3 is 2.73 bits per heavy atom. The second-order valence-electron chi connectivity index (χ2n) is 6.01. The zero-order valence-corrected chi connectivity index (χ0v) is 12.8. The number of likely N-dealkylation sites (tertiary alicyclic amines) is 1. The van der Waals surface area contributed by atoms with Crippen molar-refractivity contribution in [1.29, 1.82) is 0 Å². The average molecular weight is 294 g/mol. The maximum Gasteiger partial charge on any atom is 0.222 e. The van der Waals surface area contributed by atoms with Crippen molar-refractivity contribution in [1.82, 2.24) is 9.88 Å². The van der Waals surface area contributed by atoms with Gasteiger partial charge in [0.1, 0.15) is 0 Å². The number of pyridine rings is 1. The molecule has 1 aliphatic heterocycles. The van der Waals surface area contributed by atoms with Crippen LogP contribution in [-0.2, 0) is 17.6 Å². The third-order valence-electron chi connectivity index (χ3n) is 4.33. The number of hydrogen-bond acceptors (Lipinski definition) is 2. The van der Waals surface area contributed by atoms with Gasteiger partial charge in [-0.05, 0) is 42.9 Å². The fourth-order valence-electron chi connectivity index (χ4n) is 3.11. The Labute approximate surface area is 132 Å². The van der Waals surface area contributed by atoms with Crippen molar-refractivity contribution in [2.45, 2.75) is 25.7 Å². The molecule has 1 aromatic carbocycles. The summed E-state index contributed by atoms with van der Waals surface area (Å²) in [5.74, 6) is 0.863. The molecule has 22 heavy (non-hydrogen) atoms. The summed E-state index contributed by atoms with van der Waals surface area (Å²) in [5, 5.41) is 0. The summed E-state index contributed by atoms with van der Waals surface area (Å²) in [5.41, 5.74) is 2.37. The summed E-state index contributed by atoms with van der Waals surface area (Å²) < 4.78 is 0. The van der Waals surface area contributed by atoms with E-state index in [2.05, 4.69) is 29.2 Å². The number of benzene rings is 1. The smallest absolute Gasteiger partial charge is 0.222 e. The van der Waals surface area contributed by atoms with Gasteiger partial charge in [0.2, 0.25) is 5.91 Å². The number of amides is 1. The molecule has 0 spiro atoms. The molecule has 0 bridgehead atoms. The van der Waals surface area contributed by atoms with Crippen molar-refractivity contribution in [2.24, 2.45) is 5.92 Å². The second-order valence-corrected chi connectivity index (χ2v) is 6.01. The normalized spacial score (nSPS) is 17.6. The van der Waals surface area contributed by atoms with Gasteiger partial charge in [0.25, 0.3) is 0 Å². The van der Waals surface area contributed by atoms with Crippen LogP contribution >= 0.6 is 0 Å². The molecule has 0 radical (unpaired) electrons. The molecule has 3 rings (SSSR count).